The van der Waals surface area contributed by atoms with E-state index in [1.807, 2.05) is 30.3 Å². The molecule has 3 heterocycles. The van der Waals surface area contributed by atoms with Gasteiger partial charge >= 0.3 is 0 Å². The molecule has 0 amide bonds. The molecule has 0 bridgehead atoms. The first-order chi connectivity index (χ1) is 16.9. The molecule has 0 N–H and O–H groups in total. The average Bonchev–Trinajstić information content (AvgIpc) is 3.39. The molecule has 1 aliphatic heterocycles. The van der Waals surface area contributed by atoms with Crippen LogP contribution < -0.4 is 0 Å². The average molecular weight is 498 g/mol. The molecule has 4 aromatic rings. The zero-order valence-electron chi connectivity index (χ0n) is 19.1. The summed E-state index contributed by atoms with van der Waals surface area (Å²) in [6.45, 7) is 4.05. The Morgan fingerprint density at radius 3 is 2.51 bits per heavy atom. The lowest BCUT2D eigenvalue weighted by atomic mass is 10.1. The van der Waals surface area contributed by atoms with E-state index >= 15 is 0 Å². The first-order valence-electron chi connectivity index (χ1n) is 11.2. The zero-order valence-corrected chi connectivity index (χ0v) is 19.9. The van der Waals surface area contributed by atoms with Crippen molar-refractivity contribution in [3.05, 3.63) is 72.1 Å². The van der Waals surface area contributed by atoms with E-state index < -0.39 is 15.8 Å². The molecule has 5 rings (SSSR count). The standard InChI is InChI=1S/C24H24FN5O4S/c1-17-22(23(28-34-17)18-6-3-2-4-7-18)24-27-26-21(33-24)16-29-12-5-13-30(15-14-29)35(31,32)20-10-8-19(25)9-11-20/h2-4,6-11H,5,12-16H2,1H3. The molecule has 0 spiro atoms. The number of aryl methyl sites for hydroxylation is 1. The second kappa shape index (κ2) is 9.68. The van der Waals surface area contributed by atoms with Gasteiger partial charge in [-0.2, -0.15) is 4.31 Å². The molecule has 11 heteroatoms. The largest absolute Gasteiger partial charge is 0.419 e. The van der Waals surface area contributed by atoms with E-state index in [-0.39, 0.29) is 4.90 Å². The van der Waals surface area contributed by atoms with E-state index in [1.165, 1.54) is 16.4 Å². The summed E-state index contributed by atoms with van der Waals surface area (Å²) in [4.78, 5) is 2.17. The fourth-order valence-electron chi connectivity index (χ4n) is 4.13. The summed E-state index contributed by atoms with van der Waals surface area (Å²) in [7, 11) is -3.69. The molecule has 35 heavy (non-hydrogen) atoms. The lowest BCUT2D eigenvalue weighted by Gasteiger charge is -2.21. The first-order valence-corrected chi connectivity index (χ1v) is 12.7. The van der Waals surface area contributed by atoms with Crippen LogP contribution in [-0.2, 0) is 16.6 Å². The molecule has 1 aliphatic rings. The normalized spacial score (nSPS) is 15.8. The van der Waals surface area contributed by atoms with Gasteiger partial charge in [0.1, 0.15) is 22.8 Å². The van der Waals surface area contributed by atoms with E-state index in [0.717, 1.165) is 17.7 Å². The van der Waals surface area contributed by atoms with Crippen LogP contribution in [0.4, 0.5) is 4.39 Å². The van der Waals surface area contributed by atoms with Crippen molar-refractivity contribution in [3.63, 3.8) is 0 Å². The molecule has 1 saturated heterocycles. The van der Waals surface area contributed by atoms with Gasteiger partial charge in [0.25, 0.3) is 5.89 Å². The summed E-state index contributed by atoms with van der Waals surface area (Å²) in [6.07, 6.45) is 0.643. The summed E-state index contributed by atoms with van der Waals surface area (Å²) in [5, 5.41) is 12.6. The SMILES string of the molecule is Cc1onc(-c2ccccc2)c1-c1nnc(CN2CCCN(S(=O)(=O)c3ccc(F)cc3)CC2)o1. The van der Waals surface area contributed by atoms with Crippen LogP contribution in [0.3, 0.4) is 0 Å². The molecule has 2 aromatic heterocycles. The van der Waals surface area contributed by atoms with Crippen LogP contribution in [0.15, 0.2) is 68.4 Å². The lowest BCUT2D eigenvalue weighted by Crippen LogP contribution is -2.35. The van der Waals surface area contributed by atoms with E-state index in [2.05, 4.69) is 20.3 Å². The third-order valence-corrected chi connectivity index (χ3v) is 7.86. The van der Waals surface area contributed by atoms with Gasteiger partial charge in [0, 0.05) is 25.2 Å². The van der Waals surface area contributed by atoms with Gasteiger partial charge in [0.05, 0.1) is 11.4 Å². The summed E-state index contributed by atoms with van der Waals surface area (Å²) < 4.78 is 51.9. The van der Waals surface area contributed by atoms with Gasteiger partial charge in [0.15, 0.2) is 0 Å². The van der Waals surface area contributed by atoms with Crippen molar-refractivity contribution < 1.29 is 21.7 Å². The predicted molar refractivity (Wildman–Crippen MR) is 125 cm³/mol. The van der Waals surface area contributed by atoms with Crippen LogP contribution in [0.5, 0.6) is 0 Å². The molecular formula is C24H24FN5O4S. The van der Waals surface area contributed by atoms with Gasteiger partial charge in [-0.15, -0.1) is 10.2 Å². The molecule has 0 unspecified atom stereocenters. The Labute approximate surface area is 202 Å². The topological polar surface area (TPSA) is 106 Å². The van der Waals surface area contributed by atoms with Crippen molar-refractivity contribution in [1.29, 1.82) is 0 Å². The zero-order chi connectivity index (χ0) is 24.4. The Kier molecular flexibility index (Phi) is 6.46. The Bertz CT molecular complexity index is 1400. The van der Waals surface area contributed by atoms with Gasteiger partial charge in [-0.25, -0.2) is 12.8 Å². The Balaban J connectivity index is 1.28. The fraction of sp³-hybridized carbons (Fsp3) is 0.292. The molecular weight excluding hydrogens is 473 g/mol. The molecule has 0 aliphatic carbocycles. The van der Waals surface area contributed by atoms with Crippen LogP contribution in [0.1, 0.15) is 18.1 Å². The number of nitrogens with zero attached hydrogens (tertiary/aromatic N) is 5. The highest BCUT2D eigenvalue weighted by Crippen LogP contribution is 2.33. The summed E-state index contributed by atoms with van der Waals surface area (Å²) >= 11 is 0. The third kappa shape index (κ3) is 4.88. The van der Waals surface area contributed by atoms with Crippen molar-refractivity contribution in [2.75, 3.05) is 26.2 Å². The van der Waals surface area contributed by atoms with Crippen LogP contribution in [0.25, 0.3) is 22.7 Å². The minimum atomic E-state index is -3.69. The highest BCUT2D eigenvalue weighted by molar-refractivity contribution is 7.89. The van der Waals surface area contributed by atoms with E-state index in [0.29, 0.717) is 67.9 Å². The minimum absolute atomic E-state index is 0.0900. The first kappa shape index (κ1) is 23.3. The number of benzene rings is 2. The summed E-state index contributed by atoms with van der Waals surface area (Å²) in [6, 6.07) is 14.5. The van der Waals surface area contributed by atoms with Crippen molar-refractivity contribution in [2.24, 2.45) is 0 Å². The number of aromatic nitrogens is 3. The second-order valence-corrected chi connectivity index (χ2v) is 10.3. The van der Waals surface area contributed by atoms with E-state index in [1.54, 1.807) is 6.92 Å². The van der Waals surface area contributed by atoms with Crippen LogP contribution in [0, 0.1) is 12.7 Å². The smallest absolute Gasteiger partial charge is 0.253 e. The van der Waals surface area contributed by atoms with Crippen molar-refractivity contribution in [1.82, 2.24) is 24.6 Å². The predicted octanol–water partition coefficient (Wildman–Crippen LogP) is 3.74. The maximum atomic E-state index is 13.2. The van der Waals surface area contributed by atoms with E-state index in [4.69, 9.17) is 8.94 Å². The number of rotatable bonds is 6. The Hall–Kier alpha value is -3.41. The summed E-state index contributed by atoms with van der Waals surface area (Å²) in [5.74, 6) is 0.861. The van der Waals surface area contributed by atoms with Gasteiger partial charge in [0.2, 0.25) is 15.9 Å². The number of hydrogen-bond acceptors (Lipinski definition) is 8. The van der Waals surface area contributed by atoms with Crippen LogP contribution in [-0.4, -0.2) is 59.2 Å². The van der Waals surface area contributed by atoms with Gasteiger partial charge in [-0.3, -0.25) is 4.90 Å². The number of sulfonamides is 1. The van der Waals surface area contributed by atoms with E-state index in [9.17, 15) is 12.8 Å². The second-order valence-electron chi connectivity index (χ2n) is 8.32. The highest BCUT2D eigenvalue weighted by atomic mass is 32.2. The molecule has 1 fully saturated rings. The quantitative estimate of drug-likeness (QED) is 0.397. The molecule has 9 nitrogen and oxygen atoms in total. The van der Waals surface area contributed by atoms with Gasteiger partial charge < -0.3 is 8.94 Å². The summed E-state index contributed by atoms with van der Waals surface area (Å²) in [5.41, 5.74) is 2.17. The molecule has 2 aromatic carbocycles. The van der Waals surface area contributed by atoms with Gasteiger partial charge in [-0.05, 0) is 44.2 Å². The molecule has 0 radical (unpaired) electrons. The maximum Gasteiger partial charge on any atom is 0.253 e. The Morgan fingerprint density at radius 2 is 1.74 bits per heavy atom. The molecule has 0 saturated carbocycles. The monoisotopic (exact) mass is 497 g/mol. The lowest BCUT2D eigenvalue weighted by molar-refractivity contribution is 0.251. The Morgan fingerprint density at radius 1 is 0.971 bits per heavy atom. The number of hydrogen-bond donors (Lipinski definition) is 0. The van der Waals surface area contributed by atoms with Crippen molar-refractivity contribution in [2.45, 2.75) is 24.8 Å². The maximum absolute atomic E-state index is 13.2. The third-order valence-electron chi connectivity index (χ3n) is 5.95. The number of halogens is 1. The molecule has 182 valence electrons. The fourth-order valence-corrected chi connectivity index (χ4v) is 5.60. The van der Waals surface area contributed by atoms with Crippen molar-refractivity contribution in [3.8, 4) is 22.7 Å². The highest BCUT2D eigenvalue weighted by Gasteiger charge is 2.28. The van der Waals surface area contributed by atoms with Crippen LogP contribution in [0.2, 0.25) is 0 Å². The van der Waals surface area contributed by atoms with Gasteiger partial charge in [-0.1, -0.05) is 35.5 Å². The minimum Gasteiger partial charge on any atom is -0.419 e. The molecule has 0 atom stereocenters. The van der Waals surface area contributed by atoms with Crippen LogP contribution >= 0.6 is 0 Å². The van der Waals surface area contributed by atoms with Crippen molar-refractivity contribution >= 4 is 10.0 Å².